The molecule has 0 N–H and O–H groups in total. The van der Waals surface area contributed by atoms with Gasteiger partial charge in [0.25, 0.3) is 26.0 Å². The van der Waals surface area contributed by atoms with Crippen molar-refractivity contribution in [3.05, 3.63) is 89.7 Å². The third kappa shape index (κ3) is 3.81. The molecule has 32 heavy (non-hydrogen) atoms. The van der Waals surface area contributed by atoms with Gasteiger partial charge in [-0.15, -0.1) is 4.41 Å². The first-order valence-electron chi connectivity index (χ1n) is 9.78. The van der Waals surface area contributed by atoms with Crippen molar-refractivity contribution >= 4 is 26.0 Å². The molecule has 0 bridgehead atoms. The number of aryl methyl sites for hydroxylation is 2. The van der Waals surface area contributed by atoms with Crippen LogP contribution in [0.25, 0.3) is 0 Å². The lowest BCUT2D eigenvalue weighted by atomic mass is 10.1. The highest BCUT2D eigenvalue weighted by Gasteiger charge is 2.52. The molecule has 1 fully saturated rings. The topological polar surface area (TPSA) is 105 Å². The number of hydrogen-bond donors (Lipinski definition) is 0. The highest BCUT2D eigenvalue weighted by Crippen LogP contribution is 2.40. The summed E-state index contributed by atoms with van der Waals surface area (Å²) in [6.07, 6.45) is 2.61. The lowest BCUT2D eigenvalue weighted by Crippen LogP contribution is -2.47. The Morgan fingerprint density at radius 3 is 1.84 bits per heavy atom. The summed E-state index contributed by atoms with van der Waals surface area (Å²) in [6, 6.07) is 14.1. The van der Waals surface area contributed by atoms with E-state index in [1.54, 1.807) is 43.3 Å². The van der Waals surface area contributed by atoms with Gasteiger partial charge in [0.15, 0.2) is 0 Å². The smallest absolute Gasteiger partial charge is 0.272 e. The van der Waals surface area contributed by atoms with Crippen LogP contribution in [0.15, 0.2) is 82.8 Å². The number of hydrazine groups is 1. The summed E-state index contributed by atoms with van der Waals surface area (Å²) in [6.45, 7) is 3.60. The summed E-state index contributed by atoms with van der Waals surface area (Å²) < 4.78 is 55.3. The predicted molar refractivity (Wildman–Crippen MR) is 117 cm³/mol. The van der Waals surface area contributed by atoms with Crippen LogP contribution in [0.4, 0.5) is 0 Å². The Morgan fingerprint density at radius 1 is 0.812 bits per heavy atom. The average molecular weight is 472 g/mol. The molecule has 166 valence electrons. The van der Waals surface area contributed by atoms with Crippen molar-refractivity contribution in [1.82, 2.24) is 13.8 Å². The summed E-state index contributed by atoms with van der Waals surface area (Å²) in [4.78, 5) is 16.7. The van der Waals surface area contributed by atoms with Crippen molar-refractivity contribution in [2.24, 2.45) is 0 Å². The molecule has 3 aromatic rings. The number of amides is 1. The SMILES string of the molecule is Cc1ccc(S(=O)(=O)N2C(=O)CC(c3cccnc3)N2S(=O)(=O)c2ccc(C)cc2)cc1. The molecule has 1 amide bonds. The molecule has 4 rings (SSSR count). The van der Waals surface area contributed by atoms with E-state index in [1.165, 1.54) is 36.7 Å². The molecule has 1 aliphatic rings. The molecule has 0 saturated carbocycles. The van der Waals surface area contributed by atoms with E-state index in [1.807, 2.05) is 6.92 Å². The number of rotatable bonds is 5. The summed E-state index contributed by atoms with van der Waals surface area (Å²) in [5, 5.41) is 0. The molecule has 1 atom stereocenters. The molecule has 2 heterocycles. The van der Waals surface area contributed by atoms with Crippen LogP contribution in [0.5, 0.6) is 0 Å². The van der Waals surface area contributed by atoms with Crippen LogP contribution in [0.1, 0.15) is 29.2 Å². The van der Waals surface area contributed by atoms with Gasteiger partial charge in [0.2, 0.25) is 0 Å². The van der Waals surface area contributed by atoms with Crippen molar-refractivity contribution in [3.8, 4) is 0 Å². The van der Waals surface area contributed by atoms with Gasteiger partial charge in [-0.2, -0.15) is 8.42 Å². The number of pyridine rings is 1. The summed E-state index contributed by atoms with van der Waals surface area (Å²) in [5.41, 5.74) is 2.08. The van der Waals surface area contributed by atoms with Gasteiger partial charge >= 0.3 is 0 Å². The lowest BCUT2D eigenvalue weighted by molar-refractivity contribution is -0.126. The van der Waals surface area contributed by atoms with E-state index in [4.69, 9.17) is 0 Å². The van der Waals surface area contributed by atoms with Crippen LogP contribution in [-0.4, -0.2) is 36.6 Å². The van der Waals surface area contributed by atoms with E-state index in [9.17, 15) is 21.6 Å². The Labute approximate surface area is 187 Å². The zero-order valence-electron chi connectivity index (χ0n) is 17.4. The van der Waals surface area contributed by atoms with Crippen LogP contribution < -0.4 is 0 Å². The third-order valence-electron chi connectivity index (χ3n) is 5.21. The quantitative estimate of drug-likeness (QED) is 0.567. The Bertz CT molecular complexity index is 1360. The molecule has 10 heteroatoms. The van der Waals surface area contributed by atoms with Crippen LogP contribution in [0, 0.1) is 13.8 Å². The van der Waals surface area contributed by atoms with Gasteiger partial charge in [0, 0.05) is 12.4 Å². The molecule has 0 aliphatic carbocycles. The number of sulfonamides is 2. The number of carbonyl (C=O) groups is 1. The lowest BCUT2D eigenvalue weighted by Gasteiger charge is -2.30. The zero-order valence-corrected chi connectivity index (χ0v) is 19.0. The maximum absolute atomic E-state index is 13.7. The third-order valence-corrected chi connectivity index (χ3v) is 8.79. The zero-order chi connectivity index (χ0) is 23.1. The van der Waals surface area contributed by atoms with E-state index in [2.05, 4.69) is 4.98 Å². The number of hydrogen-bond acceptors (Lipinski definition) is 6. The summed E-state index contributed by atoms with van der Waals surface area (Å²) in [7, 11) is -8.89. The van der Waals surface area contributed by atoms with Gasteiger partial charge in [-0.3, -0.25) is 9.78 Å². The Balaban J connectivity index is 1.90. The molecule has 1 aliphatic heterocycles. The fourth-order valence-electron chi connectivity index (χ4n) is 3.51. The van der Waals surface area contributed by atoms with Gasteiger partial charge in [0.05, 0.1) is 22.3 Å². The molecular weight excluding hydrogens is 450 g/mol. The molecule has 0 radical (unpaired) electrons. The maximum atomic E-state index is 13.7. The predicted octanol–water partition coefficient (Wildman–Crippen LogP) is 2.97. The summed E-state index contributed by atoms with van der Waals surface area (Å²) >= 11 is 0. The molecule has 1 unspecified atom stereocenters. The first kappa shape index (κ1) is 22.1. The van der Waals surface area contributed by atoms with Crippen molar-refractivity contribution in [2.75, 3.05) is 0 Å². The minimum Gasteiger partial charge on any atom is -0.272 e. The second-order valence-electron chi connectivity index (χ2n) is 7.55. The molecule has 0 spiro atoms. The van der Waals surface area contributed by atoms with E-state index in [-0.39, 0.29) is 16.2 Å². The minimum atomic E-state index is -4.48. The molecule has 2 aromatic carbocycles. The van der Waals surface area contributed by atoms with Crippen LogP contribution >= 0.6 is 0 Å². The average Bonchev–Trinajstić information content (AvgIpc) is 3.14. The molecular formula is C22H21N3O5S2. The first-order valence-corrected chi connectivity index (χ1v) is 12.7. The Morgan fingerprint density at radius 2 is 1.34 bits per heavy atom. The van der Waals surface area contributed by atoms with Gasteiger partial charge in [0.1, 0.15) is 0 Å². The monoisotopic (exact) mass is 471 g/mol. The molecule has 8 nitrogen and oxygen atoms in total. The van der Waals surface area contributed by atoms with E-state index in [0.717, 1.165) is 11.1 Å². The first-order chi connectivity index (χ1) is 15.1. The minimum absolute atomic E-state index is 0.115. The van der Waals surface area contributed by atoms with E-state index in [0.29, 0.717) is 14.4 Å². The van der Waals surface area contributed by atoms with Crippen molar-refractivity contribution in [3.63, 3.8) is 0 Å². The van der Waals surface area contributed by atoms with E-state index >= 15 is 0 Å². The molecule has 1 saturated heterocycles. The van der Waals surface area contributed by atoms with Crippen LogP contribution in [0.3, 0.4) is 0 Å². The van der Waals surface area contributed by atoms with Gasteiger partial charge in [-0.1, -0.05) is 45.9 Å². The highest BCUT2D eigenvalue weighted by atomic mass is 32.2. The molecule has 1 aromatic heterocycles. The second kappa shape index (κ2) is 8.12. The number of aromatic nitrogens is 1. The standard InChI is InChI=1S/C22H21N3O5S2/c1-16-5-9-19(10-6-16)31(27,28)24-21(18-4-3-13-23-15-18)14-22(26)25(24)32(29,30)20-11-7-17(2)8-12-20/h3-13,15,21H,14H2,1-2H3. The van der Waals surface area contributed by atoms with Crippen molar-refractivity contribution in [2.45, 2.75) is 36.1 Å². The normalized spacial score (nSPS) is 17.6. The maximum Gasteiger partial charge on any atom is 0.281 e. The van der Waals surface area contributed by atoms with Crippen LogP contribution in [-0.2, 0) is 24.8 Å². The second-order valence-corrected chi connectivity index (χ2v) is 11.1. The van der Waals surface area contributed by atoms with Crippen molar-refractivity contribution < 1.29 is 21.6 Å². The van der Waals surface area contributed by atoms with Gasteiger partial charge in [-0.05, 0) is 49.7 Å². The number of nitrogens with zero attached hydrogens (tertiary/aromatic N) is 3. The fraction of sp³-hybridized carbons (Fsp3) is 0.182. The number of benzene rings is 2. The van der Waals surface area contributed by atoms with Gasteiger partial charge < -0.3 is 0 Å². The largest absolute Gasteiger partial charge is 0.281 e. The highest BCUT2D eigenvalue weighted by molar-refractivity contribution is 7.92. The van der Waals surface area contributed by atoms with Gasteiger partial charge in [-0.25, -0.2) is 8.42 Å². The van der Waals surface area contributed by atoms with E-state index < -0.39 is 32.0 Å². The van der Waals surface area contributed by atoms with Crippen LogP contribution in [0.2, 0.25) is 0 Å². The fourth-order valence-corrected chi connectivity index (χ4v) is 6.90. The Kier molecular flexibility index (Phi) is 5.61. The Hall–Kier alpha value is -3.08. The van der Waals surface area contributed by atoms with Crippen molar-refractivity contribution in [1.29, 1.82) is 0 Å². The number of carbonyl (C=O) groups excluding carboxylic acids is 1. The summed E-state index contributed by atoms with van der Waals surface area (Å²) in [5.74, 6) is -0.838.